The second-order valence-corrected chi connectivity index (χ2v) is 7.60. The number of ether oxygens (including phenoxy) is 2. The zero-order valence-corrected chi connectivity index (χ0v) is 14.6. The molecule has 6 heteroatoms. The van der Waals surface area contributed by atoms with E-state index in [2.05, 4.69) is 21.8 Å². The Morgan fingerprint density at radius 1 is 1.30 bits per heavy atom. The zero-order chi connectivity index (χ0) is 15.8. The van der Waals surface area contributed by atoms with E-state index in [0.29, 0.717) is 6.61 Å². The lowest BCUT2D eigenvalue weighted by Gasteiger charge is -2.37. The van der Waals surface area contributed by atoms with Gasteiger partial charge in [0.1, 0.15) is 17.0 Å². The van der Waals surface area contributed by atoms with Crippen molar-refractivity contribution < 1.29 is 9.47 Å². The molecule has 0 radical (unpaired) electrons. The highest BCUT2D eigenvalue weighted by Crippen LogP contribution is 2.39. The summed E-state index contributed by atoms with van der Waals surface area (Å²) >= 11 is 1.86. The summed E-state index contributed by atoms with van der Waals surface area (Å²) in [5.74, 6) is 1.09. The van der Waals surface area contributed by atoms with Crippen molar-refractivity contribution in [3.63, 3.8) is 0 Å². The van der Waals surface area contributed by atoms with Crippen LogP contribution >= 0.6 is 11.3 Å². The van der Waals surface area contributed by atoms with Gasteiger partial charge in [0.25, 0.3) is 0 Å². The highest BCUT2D eigenvalue weighted by atomic mass is 32.1. The molecule has 1 fully saturated rings. The minimum atomic E-state index is 0.100. The van der Waals surface area contributed by atoms with E-state index in [4.69, 9.17) is 9.47 Å². The lowest BCUT2D eigenvalue weighted by atomic mass is 9.97. The molecule has 4 rings (SSSR count). The SMILES string of the molecule is COCC1CN(c2ncnc3sc4c(c23)CCCC4)CC(C)O1. The van der Waals surface area contributed by atoms with Gasteiger partial charge in [-0.25, -0.2) is 9.97 Å². The fraction of sp³-hybridized carbons (Fsp3) is 0.647. The molecule has 0 amide bonds. The van der Waals surface area contributed by atoms with E-state index in [1.807, 2.05) is 11.3 Å². The van der Waals surface area contributed by atoms with Gasteiger partial charge < -0.3 is 14.4 Å². The number of methoxy groups -OCH3 is 1. The van der Waals surface area contributed by atoms with Gasteiger partial charge in [0.2, 0.25) is 0 Å². The Balaban J connectivity index is 1.74. The number of anilines is 1. The summed E-state index contributed by atoms with van der Waals surface area (Å²) in [6, 6.07) is 0. The fourth-order valence-electron chi connectivity index (χ4n) is 3.81. The summed E-state index contributed by atoms with van der Waals surface area (Å²) in [5, 5.41) is 1.29. The molecule has 1 saturated heterocycles. The molecule has 0 aromatic carbocycles. The summed E-state index contributed by atoms with van der Waals surface area (Å²) in [7, 11) is 1.73. The molecule has 0 N–H and O–H groups in total. The standard InChI is InChI=1S/C17H23N3O2S/c1-11-7-20(8-12(22-11)9-21-2)16-15-13-5-3-4-6-14(13)23-17(15)19-10-18-16/h10-12H,3-9H2,1-2H3. The van der Waals surface area contributed by atoms with Crippen molar-refractivity contribution in [2.24, 2.45) is 0 Å². The van der Waals surface area contributed by atoms with Crippen molar-refractivity contribution in [2.45, 2.75) is 44.8 Å². The lowest BCUT2D eigenvalue weighted by molar-refractivity contribution is -0.0512. The monoisotopic (exact) mass is 333 g/mol. The molecule has 23 heavy (non-hydrogen) atoms. The Morgan fingerprint density at radius 3 is 3.04 bits per heavy atom. The molecule has 2 atom stereocenters. The van der Waals surface area contributed by atoms with E-state index in [9.17, 15) is 0 Å². The number of aryl methyl sites for hydroxylation is 2. The van der Waals surface area contributed by atoms with Crippen molar-refractivity contribution in [1.29, 1.82) is 0 Å². The van der Waals surface area contributed by atoms with Gasteiger partial charge >= 0.3 is 0 Å². The van der Waals surface area contributed by atoms with Gasteiger partial charge in [0.15, 0.2) is 0 Å². The summed E-state index contributed by atoms with van der Waals surface area (Å²) in [4.78, 5) is 14.2. The van der Waals surface area contributed by atoms with Crippen LogP contribution in [0.1, 0.15) is 30.2 Å². The highest BCUT2D eigenvalue weighted by molar-refractivity contribution is 7.19. The Hall–Kier alpha value is -1.24. The van der Waals surface area contributed by atoms with Crippen molar-refractivity contribution >= 4 is 27.4 Å². The molecule has 2 unspecified atom stereocenters. The maximum atomic E-state index is 5.98. The van der Waals surface area contributed by atoms with Crippen LogP contribution < -0.4 is 4.90 Å². The highest BCUT2D eigenvalue weighted by Gasteiger charge is 2.29. The number of hydrogen-bond acceptors (Lipinski definition) is 6. The quantitative estimate of drug-likeness (QED) is 0.864. The molecule has 2 aromatic heterocycles. The molecular formula is C17H23N3O2S. The summed E-state index contributed by atoms with van der Waals surface area (Å²) in [6.07, 6.45) is 6.93. The van der Waals surface area contributed by atoms with E-state index < -0.39 is 0 Å². The van der Waals surface area contributed by atoms with Gasteiger partial charge in [-0.15, -0.1) is 11.3 Å². The van der Waals surface area contributed by atoms with E-state index in [0.717, 1.165) is 30.2 Å². The molecular weight excluding hydrogens is 310 g/mol. The average molecular weight is 333 g/mol. The first kappa shape index (κ1) is 15.3. The van der Waals surface area contributed by atoms with Gasteiger partial charge in [0.05, 0.1) is 24.2 Å². The minimum absolute atomic E-state index is 0.100. The van der Waals surface area contributed by atoms with Gasteiger partial charge in [-0.1, -0.05) is 0 Å². The van der Waals surface area contributed by atoms with Crippen molar-refractivity contribution in [2.75, 3.05) is 31.7 Å². The number of hydrogen-bond donors (Lipinski definition) is 0. The van der Waals surface area contributed by atoms with Gasteiger partial charge in [-0.05, 0) is 38.2 Å². The van der Waals surface area contributed by atoms with Crippen LogP contribution in [0.25, 0.3) is 10.2 Å². The predicted molar refractivity (Wildman–Crippen MR) is 92.5 cm³/mol. The largest absolute Gasteiger partial charge is 0.382 e. The number of thiophene rings is 1. The Bertz CT molecular complexity index is 702. The minimum Gasteiger partial charge on any atom is -0.382 e. The smallest absolute Gasteiger partial charge is 0.141 e. The number of aromatic nitrogens is 2. The maximum absolute atomic E-state index is 5.98. The summed E-state index contributed by atoms with van der Waals surface area (Å²) in [5.41, 5.74) is 1.49. The van der Waals surface area contributed by atoms with Crippen LogP contribution in [0, 0.1) is 0 Å². The Kier molecular flexibility index (Phi) is 4.22. The molecule has 124 valence electrons. The zero-order valence-electron chi connectivity index (χ0n) is 13.7. The van der Waals surface area contributed by atoms with E-state index in [1.54, 1.807) is 13.4 Å². The number of rotatable bonds is 3. The molecule has 0 bridgehead atoms. The normalized spacial score (nSPS) is 24.9. The number of morpholine rings is 1. The first-order valence-electron chi connectivity index (χ1n) is 8.41. The molecule has 5 nitrogen and oxygen atoms in total. The molecule has 1 aliphatic carbocycles. The third-order valence-electron chi connectivity index (χ3n) is 4.71. The second kappa shape index (κ2) is 6.34. The van der Waals surface area contributed by atoms with Crippen LogP contribution in [0.4, 0.5) is 5.82 Å². The van der Waals surface area contributed by atoms with Gasteiger partial charge in [-0.3, -0.25) is 0 Å². The Morgan fingerprint density at radius 2 is 2.17 bits per heavy atom. The van der Waals surface area contributed by atoms with Gasteiger partial charge in [-0.2, -0.15) is 0 Å². The molecule has 0 saturated carbocycles. The van der Waals surface area contributed by atoms with Crippen molar-refractivity contribution in [1.82, 2.24) is 9.97 Å². The van der Waals surface area contributed by atoms with Crippen LogP contribution in [0.3, 0.4) is 0 Å². The Labute approximate surface area is 140 Å². The van der Waals surface area contributed by atoms with Gasteiger partial charge in [0, 0.05) is 25.1 Å². The maximum Gasteiger partial charge on any atom is 0.141 e. The topological polar surface area (TPSA) is 47.5 Å². The van der Waals surface area contributed by atoms with E-state index >= 15 is 0 Å². The first-order valence-corrected chi connectivity index (χ1v) is 9.22. The van der Waals surface area contributed by atoms with Crippen molar-refractivity contribution in [3.8, 4) is 0 Å². The van der Waals surface area contributed by atoms with Crippen LogP contribution in [0.2, 0.25) is 0 Å². The molecule has 0 spiro atoms. The van der Waals surface area contributed by atoms with Crippen LogP contribution in [-0.2, 0) is 22.3 Å². The molecule has 1 aliphatic heterocycles. The number of nitrogens with zero attached hydrogens (tertiary/aromatic N) is 3. The fourth-order valence-corrected chi connectivity index (χ4v) is 5.03. The van der Waals surface area contributed by atoms with Crippen LogP contribution in [-0.4, -0.2) is 49.0 Å². The van der Waals surface area contributed by atoms with Crippen LogP contribution in [0.15, 0.2) is 6.33 Å². The predicted octanol–water partition coefficient (Wildman–Crippen LogP) is 2.81. The second-order valence-electron chi connectivity index (χ2n) is 6.52. The molecule has 3 heterocycles. The van der Waals surface area contributed by atoms with Crippen LogP contribution in [0.5, 0.6) is 0 Å². The van der Waals surface area contributed by atoms with Crippen molar-refractivity contribution in [3.05, 3.63) is 16.8 Å². The number of fused-ring (bicyclic) bond motifs is 3. The molecule has 2 aliphatic rings. The first-order chi connectivity index (χ1) is 11.3. The summed E-state index contributed by atoms with van der Waals surface area (Å²) < 4.78 is 11.3. The van der Waals surface area contributed by atoms with E-state index in [1.165, 1.54) is 35.1 Å². The third-order valence-corrected chi connectivity index (χ3v) is 5.91. The lowest BCUT2D eigenvalue weighted by Crippen LogP contribution is -2.48. The van der Waals surface area contributed by atoms with E-state index in [-0.39, 0.29) is 12.2 Å². The third kappa shape index (κ3) is 2.84. The average Bonchev–Trinajstić information content (AvgIpc) is 2.93. The molecule has 2 aromatic rings. The summed E-state index contributed by atoms with van der Waals surface area (Å²) in [6.45, 7) is 4.44.